The van der Waals surface area contributed by atoms with Crippen LogP contribution in [0.4, 0.5) is 0 Å². The number of carbonyl (C=O) groups excluding carboxylic acids is 1. The summed E-state index contributed by atoms with van der Waals surface area (Å²) in [5, 5.41) is 0. The predicted molar refractivity (Wildman–Crippen MR) is 86.8 cm³/mol. The van der Waals surface area contributed by atoms with Crippen molar-refractivity contribution < 1.29 is 14.3 Å². The van der Waals surface area contributed by atoms with E-state index in [0.717, 1.165) is 24.3 Å². The topological polar surface area (TPSA) is 61.5 Å². The van der Waals surface area contributed by atoms with E-state index in [1.807, 2.05) is 12.1 Å². The molecular formula is C16H25NO3S. The van der Waals surface area contributed by atoms with E-state index in [-0.39, 0.29) is 5.97 Å². The molecule has 2 N–H and O–H groups in total. The minimum atomic E-state index is -0.874. The van der Waals surface area contributed by atoms with E-state index >= 15 is 0 Å². The summed E-state index contributed by atoms with van der Waals surface area (Å²) in [6, 6.07) is 8.02. The lowest BCUT2D eigenvalue weighted by Crippen LogP contribution is -2.46. The number of methoxy groups -OCH3 is 1. The minimum Gasteiger partial charge on any atom is -0.497 e. The van der Waals surface area contributed by atoms with E-state index in [4.69, 9.17) is 15.2 Å². The van der Waals surface area contributed by atoms with Crippen LogP contribution in [0.3, 0.4) is 0 Å². The summed E-state index contributed by atoms with van der Waals surface area (Å²) in [6.45, 7) is 3.90. The summed E-state index contributed by atoms with van der Waals surface area (Å²) in [7, 11) is 1.66. The van der Waals surface area contributed by atoms with Crippen molar-refractivity contribution in [1.29, 1.82) is 0 Å². The number of hydrogen-bond donors (Lipinski definition) is 1. The smallest absolute Gasteiger partial charge is 0.325 e. The molecule has 0 heterocycles. The minimum absolute atomic E-state index is 0.312. The van der Waals surface area contributed by atoms with Crippen LogP contribution in [0.15, 0.2) is 29.2 Å². The molecule has 1 rings (SSSR count). The predicted octanol–water partition coefficient (Wildman–Crippen LogP) is 3.24. The van der Waals surface area contributed by atoms with Gasteiger partial charge in [-0.05, 0) is 56.7 Å². The molecule has 0 amide bonds. The Labute approximate surface area is 131 Å². The van der Waals surface area contributed by atoms with Crippen molar-refractivity contribution in [1.82, 2.24) is 0 Å². The second-order valence-electron chi connectivity index (χ2n) is 5.12. The number of benzene rings is 1. The first-order valence-electron chi connectivity index (χ1n) is 7.22. The fraction of sp³-hybridized carbons (Fsp3) is 0.562. The SMILES string of the molecule is CCOC(=O)C(C)(N)CCCCSc1ccc(OC)cc1. The van der Waals surface area contributed by atoms with E-state index in [9.17, 15) is 4.79 Å². The Morgan fingerprint density at radius 3 is 2.52 bits per heavy atom. The van der Waals surface area contributed by atoms with Gasteiger partial charge in [0.2, 0.25) is 0 Å². The van der Waals surface area contributed by atoms with Crippen molar-refractivity contribution in [3.63, 3.8) is 0 Å². The van der Waals surface area contributed by atoms with Crippen molar-refractivity contribution in [3.8, 4) is 5.75 Å². The van der Waals surface area contributed by atoms with E-state index in [1.165, 1.54) is 4.90 Å². The fourth-order valence-electron chi connectivity index (χ4n) is 1.85. The molecule has 0 bridgehead atoms. The molecule has 5 heteroatoms. The Morgan fingerprint density at radius 1 is 1.29 bits per heavy atom. The highest BCUT2D eigenvalue weighted by Crippen LogP contribution is 2.23. The lowest BCUT2D eigenvalue weighted by Gasteiger charge is -2.21. The first-order chi connectivity index (χ1) is 9.99. The Bertz CT molecular complexity index is 432. The molecular weight excluding hydrogens is 286 g/mol. The third kappa shape index (κ3) is 6.40. The van der Waals surface area contributed by atoms with E-state index in [1.54, 1.807) is 32.7 Å². The van der Waals surface area contributed by atoms with Gasteiger partial charge in [-0.1, -0.05) is 6.42 Å². The summed E-state index contributed by atoms with van der Waals surface area (Å²) >= 11 is 1.80. The lowest BCUT2D eigenvalue weighted by atomic mass is 9.96. The van der Waals surface area contributed by atoms with Gasteiger partial charge in [0.1, 0.15) is 11.3 Å². The van der Waals surface area contributed by atoms with Crippen molar-refractivity contribution in [3.05, 3.63) is 24.3 Å². The average molecular weight is 311 g/mol. The molecule has 118 valence electrons. The van der Waals surface area contributed by atoms with Gasteiger partial charge < -0.3 is 15.2 Å². The standard InChI is InChI=1S/C16H25NO3S/c1-4-20-15(18)16(2,17)11-5-6-12-21-14-9-7-13(19-3)8-10-14/h7-10H,4-6,11-12,17H2,1-3H3. The average Bonchev–Trinajstić information content (AvgIpc) is 2.47. The molecule has 0 radical (unpaired) electrons. The van der Waals surface area contributed by atoms with Crippen molar-refractivity contribution in [2.24, 2.45) is 5.73 Å². The van der Waals surface area contributed by atoms with Crippen LogP contribution in [-0.2, 0) is 9.53 Å². The summed E-state index contributed by atoms with van der Waals surface area (Å²) in [6.07, 6.45) is 2.58. The monoisotopic (exact) mass is 311 g/mol. The van der Waals surface area contributed by atoms with Crippen LogP contribution in [0.1, 0.15) is 33.1 Å². The number of hydrogen-bond acceptors (Lipinski definition) is 5. The van der Waals surface area contributed by atoms with Gasteiger partial charge in [-0.25, -0.2) is 0 Å². The molecule has 0 saturated heterocycles. The molecule has 0 fully saturated rings. The normalized spacial score (nSPS) is 13.5. The van der Waals surface area contributed by atoms with Crippen LogP contribution in [0.2, 0.25) is 0 Å². The number of thioether (sulfide) groups is 1. The molecule has 0 aliphatic heterocycles. The molecule has 1 aromatic rings. The molecule has 1 unspecified atom stereocenters. The number of carbonyl (C=O) groups is 1. The quantitative estimate of drug-likeness (QED) is 0.431. The zero-order valence-electron chi connectivity index (χ0n) is 13.1. The van der Waals surface area contributed by atoms with Crippen LogP contribution in [0, 0.1) is 0 Å². The molecule has 0 spiro atoms. The van der Waals surface area contributed by atoms with Crippen LogP contribution in [0.5, 0.6) is 5.75 Å². The van der Waals surface area contributed by atoms with Gasteiger partial charge in [0.25, 0.3) is 0 Å². The molecule has 4 nitrogen and oxygen atoms in total. The van der Waals surface area contributed by atoms with Crippen LogP contribution < -0.4 is 10.5 Å². The Balaban J connectivity index is 2.23. The summed E-state index contributed by atoms with van der Waals surface area (Å²) in [5.74, 6) is 1.56. The number of rotatable bonds is 9. The highest BCUT2D eigenvalue weighted by Gasteiger charge is 2.28. The van der Waals surface area contributed by atoms with Gasteiger partial charge in [-0.15, -0.1) is 11.8 Å². The highest BCUT2D eigenvalue weighted by atomic mass is 32.2. The summed E-state index contributed by atoms with van der Waals surface area (Å²) in [5.41, 5.74) is 5.10. The second-order valence-corrected chi connectivity index (χ2v) is 6.29. The maximum atomic E-state index is 11.6. The maximum Gasteiger partial charge on any atom is 0.325 e. The fourth-order valence-corrected chi connectivity index (χ4v) is 2.77. The molecule has 0 aliphatic rings. The van der Waals surface area contributed by atoms with Crippen molar-refractivity contribution in [2.45, 2.75) is 43.5 Å². The van der Waals surface area contributed by atoms with E-state index < -0.39 is 5.54 Å². The van der Waals surface area contributed by atoms with E-state index in [0.29, 0.717) is 13.0 Å². The van der Waals surface area contributed by atoms with Gasteiger partial charge in [0.05, 0.1) is 13.7 Å². The third-order valence-corrected chi connectivity index (χ3v) is 4.26. The van der Waals surface area contributed by atoms with Crippen LogP contribution >= 0.6 is 11.8 Å². The Hall–Kier alpha value is -1.20. The van der Waals surface area contributed by atoms with Crippen LogP contribution in [0.25, 0.3) is 0 Å². The van der Waals surface area contributed by atoms with Gasteiger partial charge in [0.15, 0.2) is 0 Å². The van der Waals surface area contributed by atoms with Gasteiger partial charge >= 0.3 is 5.97 Å². The third-order valence-electron chi connectivity index (χ3n) is 3.16. The first-order valence-corrected chi connectivity index (χ1v) is 8.21. The van der Waals surface area contributed by atoms with Crippen molar-refractivity contribution in [2.75, 3.05) is 19.5 Å². The van der Waals surface area contributed by atoms with Crippen LogP contribution in [-0.4, -0.2) is 31.0 Å². The first kappa shape index (κ1) is 17.9. The van der Waals surface area contributed by atoms with Gasteiger partial charge in [0, 0.05) is 4.90 Å². The molecule has 0 saturated carbocycles. The zero-order chi connectivity index (χ0) is 15.7. The Morgan fingerprint density at radius 2 is 1.95 bits per heavy atom. The molecule has 1 atom stereocenters. The molecule has 1 aromatic carbocycles. The number of nitrogens with two attached hydrogens (primary N) is 1. The maximum absolute atomic E-state index is 11.6. The van der Waals surface area contributed by atoms with Gasteiger partial charge in [-0.3, -0.25) is 4.79 Å². The summed E-state index contributed by atoms with van der Waals surface area (Å²) < 4.78 is 10.1. The number of esters is 1. The second kappa shape index (κ2) is 8.95. The lowest BCUT2D eigenvalue weighted by molar-refractivity contribution is -0.149. The number of ether oxygens (including phenoxy) is 2. The highest BCUT2D eigenvalue weighted by molar-refractivity contribution is 7.99. The van der Waals surface area contributed by atoms with Crippen molar-refractivity contribution >= 4 is 17.7 Å². The summed E-state index contributed by atoms with van der Waals surface area (Å²) in [4.78, 5) is 12.9. The van der Waals surface area contributed by atoms with Gasteiger partial charge in [-0.2, -0.15) is 0 Å². The molecule has 0 aromatic heterocycles. The largest absolute Gasteiger partial charge is 0.497 e. The zero-order valence-corrected chi connectivity index (χ0v) is 13.9. The molecule has 21 heavy (non-hydrogen) atoms. The van der Waals surface area contributed by atoms with E-state index in [2.05, 4.69) is 12.1 Å². The molecule has 0 aliphatic carbocycles. The Kier molecular flexibility index (Phi) is 7.61. The number of unbranched alkanes of at least 4 members (excludes halogenated alkanes) is 1.